The highest BCUT2D eigenvalue weighted by Gasteiger charge is 2.27. The van der Waals surface area contributed by atoms with Gasteiger partial charge in [0.15, 0.2) is 5.03 Å². The first-order chi connectivity index (χ1) is 7.32. The summed E-state index contributed by atoms with van der Waals surface area (Å²) in [5.74, 6) is 0. The lowest BCUT2D eigenvalue weighted by atomic mass is 10.0. The zero-order chi connectivity index (χ0) is 12.4. The van der Waals surface area contributed by atoms with Crippen LogP contribution in [0.1, 0.15) is 32.8 Å². The number of hydrogen-bond donors (Lipinski definition) is 3. The minimum absolute atomic E-state index is 0.0523. The van der Waals surface area contributed by atoms with Crippen LogP contribution in [0.4, 0.5) is 0 Å². The van der Waals surface area contributed by atoms with E-state index in [1.807, 2.05) is 20.8 Å². The van der Waals surface area contributed by atoms with Gasteiger partial charge in [-0.3, -0.25) is 5.10 Å². The van der Waals surface area contributed by atoms with Crippen molar-refractivity contribution in [1.82, 2.24) is 14.9 Å². The van der Waals surface area contributed by atoms with Crippen molar-refractivity contribution in [2.24, 2.45) is 5.73 Å². The zero-order valence-electron chi connectivity index (χ0n) is 9.74. The summed E-state index contributed by atoms with van der Waals surface area (Å²) in [5, 5.41) is 6.21. The molecule has 0 spiro atoms. The van der Waals surface area contributed by atoms with Crippen LogP contribution in [0, 0.1) is 0 Å². The molecule has 4 N–H and O–H groups in total. The molecular weight excluding hydrogens is 228 g/mol. The molecule has 0 aliphatic carbocycles. The predicted octanol–water partition coefficient (Wildman–Crippen LogP) is 0.335. The van der Waals surface area contributed by atoms with E-state index in [-0.39, 0.29) is 11.6 Å². The number of nitrogens with one attached hydrogen (secondary N) is 2. The number of rotatable bonds is 5. The molecule has 7 heteroatoms. The highest BCUT2D eigenvalue weighted by atomic mass is 32.2. The van der Waals surface area contributed by atoms with Gasteiger partial charge < -0.3 is 5.73 Å². The minimum atomic E-state index is -3.58. The summed E-state index contributed by atoms with van der Waals surface area (Å²) in [5.41, 5.74) is 5.43. The van der Waals surface area contributed by atoms with Crippen LogP contribution in [0.2, 0.25) is 0 Å². The van der Waals surface area contributed by atoms with Crippen LogP contribution in [-0.4, -0.2) is 24.2 Å². The largest absolute Gasteiger partial charge is 0.326 e. The fourth-order valence-corrected chi connectivity index (χ4v) is 2.79. The van der Waals surface area contributed by atoms with E-state index in [0.717, 1.165) is 0 Å². The molecule has 0 amide bonds. The fourth-order valence-electron chi connectivity index (χ4n) is 1.16. The van der Waals surface area contributed by atoms with E-state index in [1.54, 1.807) is 0 Å². The van der Waals surface area contributed by atoms with Gasteiger partial charge in [0.05, 0.1) is 6.20 Å². The molecular formula is C9H18N4O2S. The molecule has 0 aliphatic rings. The maximum Gasteiger partial charge on any atom is 0.258 e. The van der Waals surface area contributed by atoms with Crippen LogP contribution in [0.25, 0.3) is 0 Å². The van der Waals surface area contributed by atoms with Gasteiger partial charge in [-0.15, -0.1) is 0 Å². The fraction of sp³-hybridized carbons (Fsp3) is 0.667. The molecule has 0 fully saturated rings. The molecule has 0 aliphatic heterocycles. The number of aromatic nitrogens is 2. The van der Waals surface area contributed by atoms with E-state index in [4.69, 9.17) is 5.73 Å². The molecule has 92 valence electrons. The van der Waals surface area contributed by atoms with Gasteiger partial charge in [0.25, 0.3) is 10.0 Å². The molecule has 16 heavy (non-hydrogen) atoms. The quantitative estimate of drug-likeness (QED) is 0.697. The molecule has 6 nitrogen and oxygen atoms in total. The highest BCUT2D eigenvalue weighted by molar-refractivity contribution is 7.89. The van der Waals surface area contributed by atoms with Crippen molar-refractivity contribution in [3.63, 3.8) is 0 Å². The molecule has 0 aromatic carbocycles. The maximum atomic E-state index is 12.0. The average molecular weight is 246 g/mol. The molecule has 0 saturated heterocycles. The Morgan fingerprint density at radius 1 is 1.56 bits per heavy atom. The van der Waals surface area contributed by atoms with E-state index in [0.29, 0.717) is 12.0 Å². The summed E-state index contributed by atoms with van der Waals surface area (Å²) in [4.78, 5) is 0. The van der Waals surface area contributed by atoms with Crippen molar-refractivity contribution < 1.29 is 8.42 Å². The maximum absolute atomic E-state index is 12.0. The summed E-state index contributed by atoms with van der Waals surface area (Å²) >= 11 is 0. The van der Waals surface area contributed by atoms with Crippen molar-refractivity contribution >= 4 is 10.0 Å². The zero-order valence-corrected chi connectivity index (χ0v) is 10.6. The molecule has 0 radical (unpaired) electrons. The van der Waals surface area contributed by atoms with Gasteiger partial charge in [-0.25, -0.2) is 13.1 Å². The molecule has 0 saturated carbocycles. The van der Waals surface area contributed by atoms with Crippen LogP contribution in [0.5, 0.6) is 0 Å². The molecule has 1 aromatic rings. The Kier molecular flexibility index (Phi) is 3.72. The van der Waals surface area contributed by atoms with Crippen molar-refractivity contribution in [2.75, 3.05) is 0 Å². The molecule has 1 aromatic heterocycles. The van der Waals surface area contributed by atoms with Crippen LogP contribution in [0.15, 0.2) is 11.2 Å². The van der Waals surface area contributed by atoms with E-state index in [9.17, 15) is 8.42 Å². The Bertz CT molecular complexity index is 450. The summed E-state index contributed by atoms with van der Waals surface area (Å²) < 4.78 is 26.6. The summed E-state index contributed by atoms with van der Waals surface area (Å²) in [7, 11) is -3.58. The summed E-state index contributed by atoms with van der Waals surface area (Å²) in [6.45, 7) is 5.70. The van der Waals surface area contributed by atoms with E-state index in [2.05, 4.69) is 14.9 Å². The Hall–Kier alpha value is -0.920. The van der Waals surface area contributed by atoms with Crippen LogP contribution < -0.4 is 10.5 Å². The lowest BCUT2D eigenvalue weighted by molar-refractivity contribution is 0.438. The van der Waals surface area contributed by atoms with Crippen molar-refractivity contribution in [2.45, 2.75) is 44.3 Å². The van der Waals surface area contributed by atoms with Gasteiger partial charge >= 0.3 is 0 Å². The normalized spacial score (nSPS) is 13.0. The van der Waals surface area contributed by atoms with Gasteiger partial charge in [0.1, 0.15) is 0 Å². The smallest absolute Gasteiger partial charge is 0.258 e. The number of H-pyrrole nitrogens is 1. The predicted molar refractivity (Wildman–Crippen MR) is 61.2 cm³/mol. The monoisotopic (exact) mass is 246 g/mol. The Labute approximate surface area is 95.7 Å². The summed E-state index contributed by atoms with van der Waals surface area (Å²) in [6, 6.07) is 0. The van der Waals surface area contributed by atoms with Gasteiger partial charge in [-0.2, -0.15) is 5.10 Å². The highest BCUT2D eigenvalue weighted by Crippen LogP contribution is 2.16. The molecule has 0 unspecified atom stereocenters. The lowest BCUT2D eigenvalue weighted by Gasteiger charge is -2.23. The summed E-state index contributed by atoms with van der Waals surface area (Å²) in [6.07, 6.45) is 2.12. The SMILES string of the molecule is CCC(C)(C)NS(=O)(=O)c1[nH]ncc1CN. The average Bonchev–Trinajstić information content (AvgIpc) is 2.64. The molecule has 0 bridgehead atoms. The Balaban J connectivity index is 3.04. The third-order valence-electron chi connectivity index (χ3n) is 2.46. The lowest BCUT2D eigenvalue weighted by Crippen LogP contribution is -2.43. The second-order valence-electron chi connectivity index (χ2n) is 4.27. The van der Waals surface area contributed by atoms with Crippen molar-refractivity contribution in [1.29, 1.82) is 0 Å². The first kappa shape index (κ1) is 13.1. The second kappa shape index (κ2) is 4.52. The number of hydrogen-bond acceptors (Lipinski definition) is 4. The van der Waals surface area contributed by atoms with Crippen LogP contribution in [-0.2, 0) is 16.6 Å². The van der Waals surface area contributed by atoms with E-state index >= 15 is 0 Å². The number of aromatic amines is 1. The van der Waals surface area contributed by atoms with E-state index < -0.39 is 15.6 Å². The van der Waals surface area contributed by atoms with Crippen LogP contribution >= 0.6 is 0 Å². The third-order valence-corrected chi connectivity index (χ3v) is 4.17. The van der Waals surface area contributed by atoms with Gasteiger partial charge in [0, 0.05) is 17.6 Å². The first-order valence-electron chi connectivity index (χ1n) is 5.08. The standard InChI is InChI=1S/C9H18N4O2S/c1-4-9(2,3)13-16(14,15)8-7(5-10)6-11-12-8/h6,13H,4-5,10H2,1-3H3,(H,11,12). The van der Waals surface area contributed by atoms with Gasteiger partial charge in [-0.05, 0) is 20.3 Å². The second-order valence-corrected chi connectivity index (χ2v) is 5.89. The number of nitrogens with two attached hydrogens (primary N) is 1. The minimum Gasteiger partial charge on any atom is -0.326 e. The number of nitrogens with zero attached hydrogens (tertiary/aromatic N) is 1. The number of sulfonamides is 1. The molecule has 0 atom stereocenters. The third kappa shape index (κ3) is 2.81. The van der Waals surface area contributed by atoms with Gasteiger partial charge in [0.2, 0.25) is 0 Å². The molecule has 1 rings (SSSR count). The topological polar surface area (TPSA) is 101 Å². The van der Waals surface area contributed by atoms with Gasteiger partial charge in [-0.1, -0.05) is 6.92 Å². The van der Waals surface area contributed by atoms with E-state index in [1.165, 1.54) is 6.20 Å². The molecule has 1 heterocycles. The first-order valence-corrected chi connectivity index (χ1v) is 6.57. The van der Waals surface area contributed by atoms with Crippen molar-refractivity contribution in [3.05, 3.63) is 11.8 Å². The Morgan fingerprint density at radius 2 is 2.19 bits per heavy atom. The van der Waals surface area contributed by atoms with Crippen molar-refractivity contribution in [3.8, 4) is 0 Å². The van der Waals surface area contributed by atoms with Crippen LogP contribution in [0.3, 0.4) is 0 Å². The Morgan fingerprint density at radius 3 is 2.69 bits per heavy atom.